The van der Waals surface area contributed by atoms with Gasteiger partial charge in [0.1, 0.15) is 0 Å². The molecular weight excluding hydrogens is 258 g/mol. The van der Waals surface area contributed by atoms with E-state index >= 15 is 0 Å². The van der Waals surface area contributed by atoms with Crippen LogP contribution < -0.4 is 5.32 Å². The summed E-state index contributed by atoms with van der Waals surface area (Å²) in [5.74, 6) is 0. The molecule has 1 aromatic carbocycles. The van der Waals surface area contributed by atoms with Gasteiger partial charge in [0.15, 0.2) is 0 Å². The van der Waals surface area contributed by atoms with Crippen LogP contribution in [0.5, 0.6) is 0 Å². The Hall–Kier alpha value is -2.21. The number of aromatic nitrogens is 1. The van der Waals surface area contributed by atoms with E-state index in [9.17, 15) is 10.1 Å². The molecule has 0 fully saturated rings. The summed E-state index contributed by atoms with van der Waals surface area (Å²) < 4.78 is 5.45. The number of benzene rings is 1. The molecule has 0 saturated heterocycles. The average molecular weight is 275 g/mol. The SMILES string of the molecule is CC(C)OCCNc1ccc([N+](=O)[O-])c2cnccc12. The van der Waals surface area contributed by atoms with E-state index in [1.165, 1.54) is 12.3 Å². The van der Waals surface area contributed by atoms with Crippen LogP contribution in [0, 0.1) is 10.1 Å². The Labute approximate surface area is 116 Å². The van der Waals surface area contributed by atoms with E-state index in [2.05, 4.69) is 10.3 Å². The highest BCUT2D eigenvalue weighted by atomic mass is 16.6. The number of rotatable bonds is 6. The van der Waals surface area contributed by atoms with Gasteiger partial charge >= 0.3 is 0 Å². The number of nitro benzene ring substituents is 1. The Morgan fingerprint density at radius 1 is 1.35 bits per heavy atom. The zero-order valence-electron chi connectivity index (χ0n) is 11.5. The predicted octanol–water partition coefficient (Wildman–Crippen LogP) is 2.98. The van der Waals surface area contributed by atoms with Crippen LogP contribution in [-0.4, -0.2) is 29.2 Å². The third-order valence-electron chi connectivity index (χ3n) is 2.86. The zero-order chi connectivity index (χ0) is 14.5. The third-order valence-corrected chi connectivity index (χ3v) is 2.86. The van der Waals surface area contributed by atoms with Gasteiger partial charge in [-0.3, -0.25) is 15.1 Å². The van der Waals surface area contributed by atoms with Gasteiger partial charge in [-0.05, 0) is 26.0 Å². The summed E-state index contributed by atoms with van der Waals surface area (Å²) in [5, 5.41) is 15.6. The van der Waals surface area contributed by atoms with Crippen molar-refractivity contribution in [1.29, 1.82) is 0 Å². The van der Waals surface area contributed by atoms with Crippen molar-refractivity contribution in [3.63, 3.8) is 0 Å². The monoisotopic (exact) mass is 275 g/mol. The number of pyridine rings is 1. The molecule has 1 aromatic heterocycles. The van der Waals surface area contributed by atoms with E-state index in [-0.39, 0.29) is 11.8 Å². The van der Waals surface area contributed by atoms with Gasteiger partial charge in [0.2, 0.25) is 0 Å². The first kappa shape index (κ1) is 14.2. The van der Waals surface area contributed by atoms with E-state index < -0.39 is 4.92 Å². The minimum Gasteiger partial charge on any atom is -0.382 e. The maximum atomic E-state index is 11.0. The lowest BCUT2D eigenvalue weighted by molar-refractivity contribution is -0.383. The molecule has 0 aliphatic heterocycles. The second kappa shape index (κ2) is 6.29. The fourth-order valence-electron chi connectivity index (χ4n) is 1.97. The summed E-state index contributed by atoms with van der Waals surface area (Å²) in [6.45, 7) is 5.19. The topological polar surface area (TPSA) is 77.3 Å². The number of ether oxygens (including phenoxy) is 1. The maximum absolute atomic E-state index is 11.0. The van der Waals surface area contributed by atoms with Gasteiger partial charge in [0, 0.05) is 36.1 Å². The average Bonchev–Trinajstić information content (AvgIpc) is 2.43. The van der Waals surface area contributed by atoms with Crippen molar-refractivity contribution in [3.8, 4) is 0 Å². The fraction of sp³-hybridized carbons (Fsp3) is 0.357. The summed E-state index contributed by atoms with van der Waals surface area (Å²) in [7, 11) is 0. The molecule has 0 radical (unpaired) electrons. The highest BCUT2D eigenvalue weighted by Crippen LogP contribution is 2.30. The molecule has 0 bridgehead atoms. The number of nitrogens with zero attached hydrogens (tertiary/aromatic N) is 2. The molecule has 20 heavy (non-hydrogen) atoms. The van der Waals surface area contributed by atoms with Crippen molar-refractivity contribution in [2.45, 2.75) is 20.0 Å². The van der Waals surface area contributed by atoms with Crippen molar-refractivity contribution in [2.75, 3.05) is 18.5 Å². The van der Waals surface area contributed by atoms with Crippen LogP contribution in [0.15, 0.2) is 30.6 Å². The van der Waals surface area contributed by atoms with Gasteiger partial charge in [0.25, 0.3) is 5.69 Å². The van der Waals surface area contributed by atoms with Crippen LogP contribution in [0.25, 0.3) is 10.8 Å². The molecule has 0 spiro atoms. The van der Waals surface area contributed by atoms with Crippen molar-refractivity contribution >= 4 is 22.1 Å². The summed E-state index contributed by atoms with van der Waals surface area (Å²) >= 11 is 0. The minimum atomic E-state index is -0.393. The molecule has 0 aliphatic rings. The van der Waals surface area contributed by atoms with E-state index in [4.69, 9.17) is 4.74 Å². The molecule has 1 N–H and O–H groups in total. The zero-order valence-corrected chi connectivity index (χ0v) is 11.5. The van der Waals surface area contributed by atoms with Crippen molar-refractivity contribution in [2.24, 2.45) is 0 Å². The Kier molecular flexibility index (Phi) is 4.47. The van der Waals surface area contributed by atoms with Crippen molar-refractivity contribution < 1.29 is 9.66 Å². The van der Waals surface area contributed by atoms with Crippen LogP contribution in [0.4, 0.5) is 11.4 Å². The van der Waals surface area contributed by atoms with Crippen LogP contribution in [0.1, 0.15) is 13.8 Å². The summed E-state index contributed by atoms with van der Waals surface area (Å²) in [4.78, 5) is 14.6. The second-order valence-electron chi connectivity index (χ2n) is 4.66. The van der Waals surface area contributed by atoms with Crippen molar-refractivity contribution in [3.05, 3.63) is 40.7 Å². The van der Waals surface area contributed by atoms with E-state index in [1.54, 1.807) is 18.3 Å². The molecule has 106 valence electrons. The van der Waals surface area contributed by atoms with Gasteiger partial charge in [-0.25, -0.2) is 0 Å². The molecule has 2 rings (SSSR count). The number of nitro groups is 1. The summed E-state index contributed by atoms with van der Waals surface area (Å²) in [6.07, 6.45) is 3.33. The lowest BCUT2D eigenvalue weighted by atomic mass is 10.1. The highest BCUT2D eigenvalue weighted by Gasteiger charge is 2.13. The van der Waals surface area contributed by atoms with Gasteiger partial charge in [-0.1, -0.05) is 0 Å². The smallest absolute Gasteiger partial charge is 0.278 e. The first-order valence-electron chi connectivity index (χ1n) is 6.46. The summed E-state index contributed by atoms with van der Waals surface area (Å²) in [6, 6.07) is 4.99. The van der Waals surface area contributed by atoms with Crippen LogP contribution in [-0.2, 0) is 4.74 Å². The Balaban J connectivity index is 2.22. The van der Waals surface area contributed by atoms with E-state index in [0.717, 1.165) is 11.1 Å². The number of fused-ring (bicyclic) bond motifs is 1. The standard InChI is InChI=1S/C14H17N3O3/c1-10(2)20-8-7-16-13-3-4-14(17(18)19)12-9-15-6-5-11(12)13/h3-6,9-10,16H,7-8H2,1-2H3. The lowest BCUT2D eigenvalue weighted by Gasteiger charge is -2.11. The number of nitrogens with one attached hydrogen (secondary N) is 1. The number of non-ortho nitro benzene ring substituents is 1. The highest BCUT2D eigenvalue weighted by molar-refractivity contribution is 5.99. The molecule has 0 aliphatic carbocycles. The largest absolute Gasteiger partial charge is 0.382 e. The number of anilines is 1. The molecule has 0 saturated carbocycles. The van der Waals surface area contributed by atoms with E-state index in [0.29, 0.717) is 18.5 Å². The van der Waals surface area contributed by atoms with Gasteiger partial charge < -0.3 is 10.1 Å². The minimum absolute atomic E-state index is 0.0667. The molecule has 0 atom stereocenters. The Bertz CT molecular complexity index is 614. The molecule has 0 unspecified atom stereocenters. The normalized spacial score (nSPS) is 10.9. The molecule has 0 amide bonds. The van der Waals surface area contributed by atoms with Gasteiger partial charge in [-0.2, -0.15) is 0 Å². The quantitative estimate of drug-likeness (QED) is 0.498. The number of hydrogen-bond acceptors (Lipinski definition) is 5. The fourth-order valence-corrected chi connectivity index (χ4v) is 1.97. The predicted molar refractivity (Wildman–Crippen MR) is 78.0 cm³/mol. The van der Waals surface area contributed by atoms with Crippen LogP contribution in [0.3, 0.4) is 0 Å². The van der Waals surface area contributed by atoms with Gasteiger partial charge in [-0.15, -0.1) is 0 Å². The van der Waals surface area contributed by atoms with Crippen molar-refractivity contribution in [1.82, 2.24) is 4.98 Å². The van der Waals surface area contributed by atoms with Crippen LogP contribution in [0.2, 0.25) is 0 Å². The van der Waals surface area contributed by atoms with Crippen LogP contribution >= 0.6 is 0 Å². The molecule has 2 aromatic rings. The first-order valence-corrected chi connectivity index (χ1v) is 6.46. The molecule has 6 heteroatoms. The molecular formula is C14H17N3O3. The molecule has 6 nitrogen and oxygen atoms in total. The molecule has 1 heterocycles. The summed E-state index contributed by atoms with van der Waals surface area (Å²) in [5.41, 5.74) is 0.914. The van der Waals surface area contributed by atoms with Gasteiger partial charge in [0.05, 0.1) is 23.0 Å². The van der Waals surface area contributed by atoms with E-state index in [1.807, 2.05) is 13.8 Å². The second-order valence-corrected chi connectivity index (χ2v) is 4.66. The Morgan fingerprint density at radius 2 is 2.15 bits per heavy atom. The third kappa shape index (κ3) is 3.21. The number of hydrogen-bond donors (Lipinski definition) is 1. The Morgan fingerprint density at radius 3 is 2.85 bits per heavy atom. The lowest BCUT2D eigenvalue weighted by Crippen LogP contribution is -2.13. The maximum Gasteiger partial charge on any atom is 0.278 e. The first-order chi connectivity index (χ1) is 9.59.